The highest BCUT2D eigenvalue weighted by Gasteiger charge is 2.29. The number of amides is 2. The van der Waals surface area contributed by atoms with Crippen molar-refractivity contribution >= 4 is 17.4 Å². The number of hydrogen-bond acceptors (Lipinski definition) is 3. The molecule has 4 N–H and O–H groups in total. The highest BCUT2D eigenvalue weighted by atomic mass is 16.2. The molecule has 0 aromatic heterocycles. The first-order chi connectivity index (χ1) is 12.5. The minimum Gasteiger partial charge on any atom is -0.344 e. The summed E-state index contributed by atoms with van der Waals surface area (Å²) in [6.07, 6.45) is 2.47. The highest BCUT2D eigenvalue weighted by molar-refractivity contribution is 5.92. The van der Waals surface area contributed by atoms with Crippen molar-refractivity contribution in [3.63, 3.8) is 0 Å². The summed E-state index contributed by atoms with van der Waals surface area (Å²) < 4.78 is 0. The number of carbonyl (C=O) groups excluding carboxylic acids is 2. The summed E-state index contributed by atoms with van der Waals surface area (Å²) in [5.41, 5.74) is 8.68. The number of nitrogens with two attached hydrogens (primary N) is 1. The molecule has 3 rings (SSSR count). The molecule has 3 atom stereocenters. The fourth-order valence-corrected chi connectivity index (χ4v) is 3.00. The van der Waals surface area contributed by atoms with Crippen LogP contribution in [0.1, 0.15) is 30.5 Å². The Morgan fingerprint density at radius 3 is 2.35 bits per heavy atom. The molecule has 0 saturated carbocycles. The zero-order valence-corrected chi connectivity index (χ0v) is 14.7. The molecule has 1 aliphatic heterocycles. The van der Waals surface area contributed by atoms with Crippen LogP contribution in [-0.2, 0) is 9.59 Å². The summed E-state index contributed by atoms with van der Waals surface area (Å²) in [6, 6.07) is 18.1. The molecular formula is C21H23N3O2. The molecule has 0 radical (unpaired) electrons. The van der Waals surface area contributed by atoms with Crippen LogP contribution in [0, 0.1) is 0 Å². The topological polar surface area (TPSA) is 84.2 Å². The molecule has 0 bridgehead atoms. The summed E-state index contributed by atoms with van der Waals surface area (Å²) in [5, 5.41) is 5.78. The maximum absolute atomic E-state index is 12.7. The second kappa shape index (κ2) is 7.97. The molecule has 26 heavy (non-hydrogen) atoms. The summed E-state index contributed by atoms with van der Waals surface area (Å²) in [7, 11) is 0. The first kappa shape index (κ1) is 17.9. The van der Waals surface area contributed by atoms with Gasteiger partial charge in [0.1, 0.15) is 6.04 Å². The van der Waals surface area contributed by atoms with Crippen molar-refractivity contribution < 1.29 is 9.59 Å². The lowest BCUT2D eigenvalue weighted by Crippen LogP contribution is -2.50. The van der Waals surface area contributed by atoms with Gasteiger partial charge in [-0.3, -0.25) is 9.59 Å². The van der Waals surface area contributed by atoms with Crippen LogP contribution in [-0.4, -0.2) is 23.9 Å². The minimum absolute atomic E-state index is 0.213. The Labute approximate surface area is 153 Å². The van der Waals surface area contributed by atoms with Crippen molar-refractivity contribution in [3.8, 4) is 0 Å². The third-order valence-corrected chi connectivity index (χ3v) is 4.44. The average molecular weight is 349 g/mol. The van der Waals surface area contributed by atoms with Gasteiger partial charge in [0.25, 0.3) is 0 Å². The van der Waals surface area contributed by atoms with Gasteiger partial charge in [-0.15, -0.1) is 0 Å². The van der Waals surface area contributed by atoms with E-state index in [0.717, 1.165) is 16.7 Å². The molecule has 0 aliphatic carbocycles. The van der Waals surface area contributed by atoms with E-state index in [4.69, 9.17) is 5.73 Å². The Hall–Kier alpha value is -2.92. The van der Waals surface area contributed by atoms with E-state index in [0.29, 0.717) is 6.42 Å². The minimum atomic E-state index is -0.667. The van der Waals surface area contributed by atoms with Crippen LogP contribution in [0.2, 0.25) is 0 Å². The maximum atomic E-state index is 12.7. The zero-order chi connectivity index (χ0) is 18.5. The smallest absolute Gasteiger partial charge is 0.243 e. The third-order valence-electron chi connectivity index (χ3n) is 4.44. The Morgan fingerprint density at radius 1 is 1.12 bits per heavy atom. The molecule has 1 aliphatic rings. The van der Waals surface area contributed by atoms with Crippen LogP contribution in [0.4, 0.5) is 0 Å². The quantitative estimate of drug-likeness (QED) is 0.791. The largest absolute Gasteiger partial charge is 0.344 e. The molecule has 134 valence electrons. The van der Waals surface area contributed by atoms with Crippen molar-refractivity contribution in [2.45, 2.75) is 31.5 Å². The first-order valence-corrected chi connectivity index (χ1v) is 8.72. The highest BCUT2D eigenvalue weighted by Crippen LogP contribution is 2.28. The van der Waals surface area contributed by atoms with E-state index >= 15 is 0 Å². The van der Waals surface area contributed by atoms with Gasteiger partial charge in [0, 0.05) is 6.42 Å². The maximum Gasteiger partial charge on any atom is 0.243 e. The second-order valence-electron chi connectivity index (χ2n) is 6.51. The van der Waals surface area contributed by atoms with Crippen LogP contribution in [0.5, 0.6) is 0 Å². The van der Waals surface area contributed by atoms with Crippen LogP contribution in [0.3, 0.4) is 0 Å². The molecule has 2 amide bonds. The Bertz CT molecular complexity index is 801. The van der Waals surface area contributed by atoms with Gasteiger partial charge in [0.15, 0.2) is 0 Å². The summed E-state index contributed by atoms with van der Waals surface area (Å²) in [5.74, 6) is -0.550. The van der Waals surface area contributed by atoms with Gasteiger partial charge in [-0.1, -0.05) is 66.7 Å². The molecule has 0 spiro atoms. The molecule has 5 nitrogen and oxygen atoms in total. The molecule has 2 aromatic carbocycles. The zero-order valence-electron chi connectivity index (χ0n) is 14.7. The van der Waals surface area contributed by atoms with Gasteiger partial charge < -0.3 is 16.4 Å². The number of nitrogens with one attached hydrogen (secondary N) is 2. The van der Waals surface area contributed by atoms with Crippen molar-refractivity contribution in [1.29, 1.82) is 0 Å². The summed E-state index contributed by atoms with van der Waals surface area (Å²) in [6.45, 7) is 1.60. The number of rotatable bonds is 4. The summed E-state index contributed by atoms with van der Waals surface area (Å²) >= 11 is 0. The fourth-order valence-electron chi connectivity index (χ4n) is 3.00. The monoisotopic (exact) mass is 349 g/mol. The second-order valence-corrected chi connectivity index (χ2v) is 6.51. The Kier molecular flexibility index (Phi) is 5.49. The lowest BCUT2D eigenvalue weighted by molar-refractivity contribution is -0.129. The van der Waals surface area contributed by atoms with Gasteiger partial charge in [-0.25, -0.2) is 0 Å². The van der Waals surface area contributed by atoms with E-state index in [9.17, 15) is 9.59 Å². The number of benzene rings is 2. The molecular weight excluding hydrogens is 326 g/mol. The van der Waals surface area contributed by atoms with E-state index in [2.05, 4.69) is 16.7 Å². The van der Waals surface area contributed by atoms with Crippen LogP contribution in [0.15, 0.2) is 66.7 Å². The third kappa shape index (κ3) is 4.18. The standard InChI is InChI=1S/C21H23N3O2/c1-14(22)20(25)24-19-13-17(15-8-4-2-5-9-15)12-18(23-21(19)26)16-10-6-3-7-11-16/h2-12,14,18-19H,13,22H2,1H3,(H,23,26)(H,24,25)/t14-,18-,19-/m0/s1. The molecule has 0 unspecified atom stereocenters. The molecule has 5 heteroatoms. The number of hydrogen-bond donors (Lipinski definition) is 3. The summed E-state index contributed by atoms with van der Waals surface area (Å²) in [4.78, 5) is 24.8. The molecule has 0 saturated heterocycles. The van der Waals surface area contributed by atoms with E-state index in [1.165, 1.54) is 0 Å². The lowest BCUT2D eigenvalue weighted by atomic mass is 9.96. The van der Waals surface area contributed by atoms with Crippen molar-refractivity contribution in [1.82, 2.24) is 10.6 Å². The van der Waals surface area contributed by atoms with E-state index in [-0.39, 0.29) is 17.9 Å². The van der Waals surface area contributed by atoms with Crippen LogP contribution >= 0.6 is 0 Å². The Morgan fingerprint density at radius 2 is 1.73 bits per heavy atom. The average Bonchev–Trinajstić information content (AvgIpc) is 2.82. The normalized spacial score (nSPS) is 21.2. The van der Waals surface area contributed by atoms with Gasteiger partial charge in [-0.05, 0) is 23.6 Å². The van der Waals surface area contributed by atoms with Crippen LogP contribution in [0.25, 0.3) is 5.57 Å². The van der Waals surface area contributed by atoms with Gasteiger partial charge in [0.05, 0.1) is 12.1 Å². The lowest BCUT2D eigenvalue weighted by Gasteiger charge is -2.19. The van der Waals surface area contributed by atoms with E-state index in [1.807, 2.05) is 60.7 Å². The van der Waals surface area contributed by atoms with Crippen molar-refractivity contribution in [2.24, 2.45) is 5.73 Å². The van der Waals surface area contributed by atoms with E-state index in [1.54, 1.807) is 6.92 Å². The van der Waals surface area contributed by atoms with Gasteiger partial charge in [-0.2, -0.15) is 0 Å². The molecule has 2 aromatic rings. The van der Waals surface area contributed by atoms with Gasteiger partial charge in [0.2, 0.25) is 11.8 Å². The predicted molar refractivity (Wildman–Crippen MR) is 102 cm³/mol. The Balaban J connectivity index is 1.95. The molecule has 0 fully saturated rings. The van der Waals surface area contributed by atoms with Crippen molar-refractivity contribution in [2.75, 3.05) is 0 Å². The first-order valence-electron chi connectivity index (χ1n) is 8.72. The molecule has 1 heterocycles. The SMILES string of the molecule is C[C@H](N)C(=O)N[C@H]1CC(c2ccccc2)=C[C@@H](c2ccccc2)NC1=O. The fraction of sp³-hybridized carbons (Fsp3) is 0.238. The predicted octanol–water partition coefficient (Wildman–Crippen LogP) is 2.16. The van der Waals surface area contributed by atoms with E-state index < -0.39 is 12.1 Å². The number of carbonyl (C=O) groups is 2. The van der Waals surface area contributed by atoms with Gasteiger partial charge >= 0.3 is 0 Å². The van der Waals surface area contributed by atoms with Crippen molar-refractivity contribution in [3.05, 3.63) is 77.9 Å². The van der Waals surface area contributed by atoms with Crippen LogP contribution < -0.4 is 16.4 Å².